The molecule has 8 heteroatoms. The molecular formula is C14H21ClN4O2S. The van der Waals surface area contributed by atoms with Gasteiger partial charge in [0.25, 0.3) is 5.69 Å². The van der Waals surface area contributed by atoms with Crippen LogP contribution in [0.1, 0.15) is 20.3 Å². The fraction of sp³-hybridized carbons (Fsp3) is 0.500. The quantitative estimate of drug-likeness (QED) is 0.326. The number of benzene rings is 1. The van der Waals surface area contributed by atoms with Gasteiger partial charge in [-0.2, -0.15) is 0 Å². The molecule has 0 aliphatic carbocycles. The van der Waals surface area contributed by atoms with E-state index in [9.17, 15) is 10.1 Å². The van der Waals surface area contributed by atoms with Crippen LogP contribution in [-0.4, -0.2) is 41.1 Å². The van der Waals surface area contributed by atoms with Gasteiger partial charge in [0.2, 0.25) is 0 Å². The fourth-order valence-corrected chi connectivity index (χ4v) is 2.31. The summed E-state index contributed by atoms with van der Waals surface area (Å²) in [4.78, 5) is 12.6. The third-order valence-electron chi connectivity index (χ3n) is 3.24. The predicted molar refractivity (Wildman–Crippen MR) is 94.7 cm³/mol. The van der Waals surface area contributed by atoms with Gasteiger partial charge in [0.05, 0.1) is 15.6 Å². The Hall–Kier alpha value is -1.44. The molecule has 0 fully saturated rings. The minimum Gasteiger partial charge on any atom is -0.362 e. The predicted octanol–water partition coefficient (Wildman–Crippen LogP) is 3.27. The van der Waals surface area contributed by atoms with Crippen molar-refractivity contribution >= 4 is 40.3 Å². The number of hydrogen-bond acceptors (Lipinski definition) is 4. The first-order valence-corrected chi connectivity index (χ1v) is 7.97. The molecule has 22 heavy (non-hydrogen) atoms. The number of thiocarbonyl (C=S) groups is 1. The molecule has 0 aliphatic heterocycles. The maximum absolute atomic E-state index is 10.8. The van der Waals surface area contributed by atoms with Gasteiger partial charge >= 0.3 is 0 Å². The SMILES string of the molecule is CCN(CC)CCCNC(=S)Nc1cc([N+](=O)[O-])ccc1Cl. The van der Waals surface area contributed by atoms with E-state index >= 15 is 0 Å². The smallest absolute Gasteiger partial charge is 0.271 e. The van der Waals surface area contributed by atoms with Gasteiger partial charge in [-0.15, -0.1) is 0 Å². The summed E-state index contributed by atoms with van der Waals surface area (Å²) in [5.41, 5.74) is 0.397. The van der Waals surface area contributed by atoms with Gasteiger partial charge in [0.15, 0.2) is 5.11 Å². The molecule has 0 atom stereocenters. The van der Waals surface area contributed by atoms with E-state index in [-0.39, 0.29) is 5.69 Å². The molecule has 1 rings (SSSR count). The molecular weight excluding hydrogens is 324 g/mol. The van der Waals surface area contributed by atoms with Gasteiger partial charge in [0.1, 0.15) is 0 Å². The van der Waals surface area contributed by atoms with Crippen LogP contribution in [-0.2, 0) is 0 Å². The van der Waals surface area contributed by atoms with Gasteiger partial charge in [-0.05, 0) is 44.3 Å². The topological polar surface area (TPSA) is 70.4 Å². The molecule has 0 spiro atoms. The first-order valence-electron chi connectivity index (χ1n) is 7.19. The average Bonchev–Trinajstić information content (AvgIpc) is 2.49. The highest BCUT2D eigenvalue weighted by Crippen LogP contribution is 2.26. The van der Waals surface area contributed by atoms with Crippen LogP contribution < -0.4 is 10.6 Å². The Morgan fingerprint density at radius 2 is 2.09 bits per heavy atom. The second kappa shape index (κ2) is 9.55. The molecule has 0 radical (unpaired) electrons. The largest absolute Gasteiger partial charge is 0.362 e. The Kier molecular flexibility index (Phi) is 8.08. The second-order valence-corrected chi connectivity index (χ2v) is 5.50. The summed E-state index contributed by atoms with van der Waals surface area (Å²) in [6, 6.07) is 4.20. The number of non-ortho nitro benzene ring substituents is 1. The van der Waals surface area contributed by atoms with Crippen molar-refractivity contribution < 1.29 is 4.92 Å². The Morgan fingerprint density at radius 3 is 2.68 bits per heavy atom. The number of nitro groups is 1. The highest BCUT2D eigenvalue weighted by molar-refractivity contribution is 7.80. The summed E-state index contributed by atoms with van der Waals surface area (Å²) in [6.07, 6.45) is 0.964. The summed E-state index contributed by atoms with van der Waals surface area (Å²) in [5.74, 6) is 0. The van der Waals surface area contributed by atoms with Crippen molar-refractivity contribution in [2.45, 2.75) is 20.3 Å². The van der Waals surface area contributed by atoms with E-state index in [4.69, 9.17) is 23.8 Å². The molecule has 1 aromatic rings. The summed E-state index contributed by atoms with van der Waals surface area (Å²) < 4.78 is 0. The van der Waals surface area contributed by atoms with Crippen LogP contribution >= 0.6 is 23.8 Å². The Morgan fingerprint density at radius 1 is 1.41 bits per heavy atom. The zero-order valence-electron chi connectivity index (χ0n) is 12.8. The number of halogens is 1. The Labute approximate surface area is 141 Å². The fourth-order valence-electron chi connectivity index (χ4n) is 1.93. The summed E-state index contributed by atoms with van der Waals surface area (Å²) in [7, 11) is 0. The maximum atomic E-state index is 10.8. The monoisotopic (exact) mass is 344 g/mol. The Balaban J connectivity index is 2.45. The van der Waals surface area contributed by atoms with Crippen LogP contribution in [0.2, 0.25) is 5.02 Å². The standard InChI is InChI=1S/C14H21ClN4O2S/c1-3-18(4-2)9-5-8-16-14(22)17-13-10-11(19(20)21)6-7-12(13)15/h6-7,10H,3-5,8-9H2,1-2H3,(H2,16,17,22). The van der Waals surface area contributed by atoms with Gasteiger partial charge in [-0.3, -0.25) is 10.1 Å². The van der Waals surface area contributed by atoms with Crippen molar-refractivity contribution in [3.8, 4) is 0 Å². The summed E-state index contributed by atoms with van der Waals surface area (Å²) in [6.45, 7) is 8.06. The molecule has 0 bridgehead atoms. The molecule has 122 valence electrons. The highest BCUT2D eigenvalue weighted by atomic mass is 35.5. The minimum absolute atomic E-state index is 0.0313. The van der Waals surface area contributed by atoms with Gasteiger partial charge in [0, 0.05) is 18.7 Å². The zero-order chi connectivity index (χ0) is 16.5. The number of hydrogen-bond donors (Lipinski definition) is 2. The number of nitrogens with zero attached hydrogens (tertiary/aromatic N) is 2. The number of nitrogens with one attached hydrogen (secondary N) is 2. The molecule has 1 aromatic carbocycles. The number of anilines is 1. The van der Waals surface area contributed by atoms with Crippen molar-refractivity contribution in [3.05, 3.63) is 33.3 Å². The summed E-state index contributed by atoms with van der Waals surface area (Å²) in [5, 5.41) is 17.5. The lowest BCUT2D eigenvalue weighted by Gasteiger charge is -2.18. The molecule has 0 aliphatic rings. The van der Waals surface area contributed by atoms with Crippen LogP contribution in [0.15, 0.2) is 18.2 Å². The summed E-state index contributed by atoms with van der Waals surface area (Å²) >= 11 is 11.2. The van der Waals surface area contributed by atoms with Crippen LogP contribution in [0.25, 0.3) is 0 Å². The van der Waals surface area contributed by atoms with Crippen molar-refractivity contribution in [1.82, 2.24) is 10.2 Å². The first-order chi connectivity index (χ1) is 10.5. The highest BCUT2D eigenvalue weighted by Gasteiger charge is 2.10. The van der Waals surface area contributed by atoms with E-state index in [0.717, 1.165) is 32.6 Å². The third kappa shape index (κ3) is 6.13. The van der Waals surface area contributed by atoms with E-state index in [1.807, 2.05) is 0 Å². The van der Waals surface area contributed by atoms with Crippen LogP contribution in [0, 0.1) is 10.1 Å². The number of nitro benzene ring substituents is 1. The van der Waals surface area contributed by atoms with E-state index in [2.05, 4.69) is 29.4 Å². The minimum atomic E-state index is -0.470. The van der Waals surface area contributed by atoms with E-state index < -0.39 is 4.92 Å². The number of rotatable bonds is 8. The van der Waals surface area contributed by atoms with Crippen LogP contribution in [0.5, 0.6) is 0 Å². The van der Waals surface area contributed by atoms with Gasteiger partial charge < -0.3 is 15.5 Å². The molecule has 0 saturated carbocycles. The van der Waals surface area contributed by atoms with E-state index in [1.165, 1.54) is 18.2 Å². The maximum Gasteiger partial charge on any atom is 0.271 e. The Bertz CT molecular complexity index is 524. The normalized spacial score (nSPS) is 10.5. The van der Waals surface area contributed by atoms with E-state index in [0.29, 0.717) is 15.8 Å². The van der Waals surface area contributed by atoms with Gasteiger partial charge in [-0.1, -0.05) is 25.4 Å². The lowest BCUT2D eigenvalue weighted by molar-refractivity contribution is -0.384. The van der Waals surface area contributed by atoms with Gasteiger partial charge in [-0.25, -0.2) is 0 Å². The van der Waals surface area contributed by atoms with E-state index in [1.54, 1.807) is 0 Å². The second-order valence-electron chi connectivity index (χ2n) is 4.68. The lowest BCUT2D eigenvalue weighted by atomic mass is 10.3. The third-order valence-corrected chi connectivity index (χ3v) is 3.82. The van der Waals surface area contributed by atoms with Crippen molar-refractivity contribution in [2.75, 3.05) is 31.5 Å². The zero-order valence-corrected chi connectivity index (χ0v) is 14.3. The molecule has 0 unspecified atom stereocenters. The lowest BCUT2D eigenvalue weighted by Crippen LogP contribution is -2.32. The molecule has 0 heterocycles. The van der Waals surface area contributed by atoms with Crippen LogP contribution in [0.3, 0.4) is 0 Å². The first kappa shape index (κ1) is 18.6. The van der Waals surface area contributed by atoms with Crippen molar-refractivity contribution in [3.63, 3.8) is 0 Å². The molecule has 0 saturated heterocycles. The molecule has 6 nitrogen and oxygen atoms in total. The van der Waals surface area contributed by atoms with Crippen molar-refractivity contribution in [2.24, 2.45) is 0 Å². The molecule has 2 N–H and O–H groups in total. The average molecular weight is 345 g/mol. The van der Waals surface area contributed by atoms with Crippen LogP contribution in [0.4, 0.5) is 11.4 Å². The van der Waals surface area contributed by atoms with Crippen molar-refractivity contribution in [1.29, 1.82) is 0 Å². The molecule has 0 aromatic heterocycles. The molecule has 0 amide bonds.